The van der Waals surface area contributed by atoms with Gasteiger partial charge in [-0.3, -0.25) is 0 Å². The van der Waals surface area contributed by atoms with Gasteiger partial charge in [0.1, 0.15) is 0 Å². The van der Waals surface area contributed by atoms with Gasteiger partial charge in [0, 0.05) is 0 Å². The second-order valence-electron chi connectivity index (χ2n) is 7.32. The fourth-order valence-corrected chi connectivity index (χ4v) is 20.3. The van der Waals surface area contributed by atoms with Crippen LogP contribution >= 0.6 is 11.4 Å². The molecule has 13 heteroatoms. The van der Waals surface area contributed by atoms with Crippen molar-refractivity contribution < 1.29 is 78.0 Å². The smallest absolute Gasteiger partial charge is 0.854 e. The topological polar surface area (TPSA) is 92.2 Å². The molecule has 0 aliphatic rings. The van der Waals surface area contributed by atoms with Crippen LogP contribution in [-0.2, 0) is 103 Å². The summed E-state index contributed by atoms with van der Waals surface area (Å²) in [7, 11) is -1.23. The van der Waals surface area contributed by atoms with Crippen molar-refractivity contribution in [2.24, 2.45) is 0 Å². The molecule has 0 saturated carbocycles. The summed E-state index contributed by atoms with van der Waals surface area (Å²) in [5, 5.41) is 0.848. The van der Waals surface area contributed by atoms with E-state index in [0.29, 0.717) is 0 Å². The van der Waals surface area contributed by atoms with Gasteiger partial charge >= 0.3 is 58.4 Å². The molecule has 4 atom stereocenters. The van der Waals surface area contributed by atoms with Crippen molar-refractivity contribution in [3.05, 3.63) is 0 Å². The minimum atomic E-state index is -3.57. The van der Waals surface area contributed by atoms with E-state index in [0.717, 1.165) is 38.5 Å². The Hall–Kier alpha value is 3.97. The summed E-state index contributed by atoms with van der Waals surface area (Å²) in [6.07, 6.45) is 5.84. The van der Waals surface area contributed by atoms with Gasteiger partial charge < -0.3 is 55.5 Å². The Morgan fingerprint density at radius 2 is 0.839 bits per heavy atom. The molecule has 176 valence electrons. The van der Waals surface area contributed by atoms with Crippen LogP contribution in [0.15, 0.2) is 0 Å². The summed E-state index contributed by atoms with van der Waals surface area (Å²) in [5.74, 6) is 0. The first kappa shape index (κ1) is 44.9. The molecule has 4 nitrogen and oxygen atoms in total. The second kappa shape index (κ2) is 23.1. The third kappa shape index (κ3) is 19.7. The molecule has 0 aromatic heterocycles. The monoisotopic (exact) mass is 702 g/mol. The first-order valence-corrected chi connectivity index (χ1v) is 19.4. The van der Waals surface area contributed by atoms with Crippen LogP contribution in [-0.4, -0.2) is 21.0 Å². The predicted molar refractivity (Wildman–Crippen MR) is 132 cm³/mol. The van der Waals surface area contributed by atoms with E-state index in [4.69, 9.17) is 0 Å². The van der Waals surface area contributed by atoms with Gasteiger partial charge in [-0.2, -0.15) is 0 Å². The van der Waals surface area contributed by atoms with Crippen molar-refractivity contribution >= 4 is 56.0 Å². The zero-order valence-electron chi connectivity index (χ0n) is 20.8. The van der Waals surface area contributed by atoms with Crippen LogP contribution in [0.25, 0.3) is 0 Å². The van der Waals surface area contributed by atoms with Crippen LogP contribution in [0.1, 0.15) is 93.9 Å². The quantitative estimate of drug-likeness (QED) is 0.197. The molecule has 0 fully saturated rings. The minimum Gasteiger partial charge on any atom is -0.854 e. The summed E-state index contributed by atoms with van der Waals surface area (Å²) >= 11 is 9.30. The van der Waals surface area contributed by atoms with Crippen molar-refractivity contribution in [2.75, 3.05) is 0 Å². The third-order valence-corrected chi connectivity index (χ3v) is 20.3. The largest absolute Gasteiger partial charge is 2.00 e. The molecule has 0 aromatic carbocycles. The van der Waals surface area contributed by atoms with E-state index in [1.165, 1.54) is 0 Å². The van der Waals surface area contributed by atoms with Crippen LogP contribution in [0.4, 0.5) is 0 Å². The Labute approximate surface area is 246 Å². The predicted octanol–water partition coefficient (Wildman–Crippen LogP) is 3.07. The van der Waals surface area contributed by atoms with E-state index < -0.39 is 31.5 Å². The molecule has 0 bridgehead atoms. The fourth-order valence-electron chi connectivity index (χ4n) is 3.29. The van der Waals surface area contributed by atoms with E-state index in [9.17, 15) is 19.6 Å². The third-order valence-electron chi connectivity index (χ3n) is 4.30. The molecule has 0 saturated heterocycles. The fraction of sp³-hybridized carbons (Fsp3) is 1.00. The van der Waals surface area contributed by atoms with Gasteiger partial charge in [0.15, 0.2) is 0 Å². The molecule has 0 N–H and O–H groups in total. The summed E-state index contributed by atoms with van der Waals surface area (Å²) in [5.41, 5.74) is -7.15. The van der Waals surface area contributed by atoms with Crippen molar-refractivity contribution in [3.8, 4) is 0 Å². The Kier molecular flexibility index (Phi) is 33.5. The molecule has 4 unspecified atom stereocenters. The first-order valence-electron chi connectivity index (χ1n) is 10.2. The Morgan fingerprint density at radius 1 is 0.613 bits per heavy atom. The van der Waals surface area contributed by atoms with E-state index >= 15 is 0 Å². The molecule has 0 spiro atoms. The van der Waals surface area contributed by atoms with E-state index in [1.54, 1.807) is 0 Å². The molecule has 31 heavy (non-hydrogen) atoms. The van der Waals surface area contributed by atoms with Crippen molar-refractivity contribution in [1.29, 1.82) is 0 Å². The average Bonchev–Trinajstić information content (AvgIpc) is 2.51. The van der Waals surface area contributed by atoms with Gasteiger partial charge in [-0.1, -0.05) is 68.2 Å². The van der Waals surface area contributed by atoms with Crippen LogP contribution in [0.3, 0.4) is 0 Å². The zero-order valence-corrected chi connectivity index (χ0v) is 34.8. The van der Waals surface area contributed by atoms with E-state index in [2.05, 4.69) is 38.3 Å². The number of hydrogen-bond donors (Lipinski definition) is 0. The van der Waals surface area contributed by atoms with Gasteiger partial charge in [-0.05, 0) is 46.7 Å². The summed E-state index contributed by atoms with van der Waals surface area (Å²) in [6, 6.07) is 0. The maximum Gasteiger partial charge on any atom is 2.00 e. The van der Waals surface area contributed by atoms with Crippen molar-refractivity contribution in [3.63, 3.8) is 0 Å². The summed E-state index contributed by atoms with van der Waals surface area (Å²) in [6.45, 7) is 16.1. The summed E-state index contributed by atoms with van der Waals surface area (Å²) < 4.78 is 0. The number of rotatable bonds is 10. The van der Waals surface area contributed by atoms with Gasteiger partial charge in [-0.15, -0.1) is 0 Å². The molecule has 0 aliphatic carbocycles. The SMILES string of the molecule is CCCC(CC)S(C(C)C)=P([O-])([O-])[S-].CCCC(CC)S(C(C)C)=P([O-])([O-])[S-].[Zn+2].[Zn+2].[Zn+2]. The average molecular weight is 707 g/mol. The Balaban J connectivity index is -0.000000133. The van der Waals surface area contributed by atoms with E-state index in [1.807, 2.05) is 41.5 Å². The molecule has 0 aromatic rings. The molecule has 0 aliphatic heterocycles. The van der Waals surface area contributed by atoms with Crippen LogP contribution in [0.2, 0.25) is 0 Å². The van der Waals surface area contributed by atoms with Crippen LogP contribution in [0.5, 0.6) is 0 Å². The second-order valence-corrected chi connectivity index (χ2v) is 23.4. The molecule has 0 radical (unpaired) electrons. The molecule has 0 rings (SSSR count). The normalized spacial score (nSPS) is 15.5. The van der Waals surface area contributed by atoms with Gasteiger partial charge in [0.25, 0.3) is 0 Å². The zero-order chi connectivity index (χ0) is 22.7. The Bertz CT molecular complexity index is 491. The first-order chi connectivity index (χ1) is 12.7. The van der Waals surface area contributed by atoms with Crippen LogP contribution in [0, 0.1) is 0 Å². The maximum atomic E-state index is 11.5. The van der Waals surface area contributed by atoms with Gasteiger partial charge in [-0.25, -0.2) is 20.1 Å². The standard InChI is InChI=1S/2C9H20O2PS2.3Zn/c2*1-5-7-9(6-2)14(8(3)4)12(10,11)13;;;/h2*8-9H,5-7H2,1-4H3;;;/q2*-3;3*+2. The van der Waals surface area contributed by atoms with Gasteiger partial charge in [0.05, 0.1) is 0 Å². The molecular weight excluding hydrogens is 667 g/mol. The summed E-state index contributed by atoms with van der Waals surface area (Å²) in [4.78, 5) is 46.0. The van der Waals surface area contributed by atoms with Crippen molar-refractivity contribution in [1.82, 2.24) is 0 Å². The molecule has 0 heterocycles. The van der Waals surface area contributed by atoms with Crippen LogP contribution < -0.4 is 19.6 Å². The number of hydrogen-bond acceptors (Lipinski definition) is 6. The van der Waals surface area contributed by atoms with Crippen molar-refractivity contribution in [2.45, 2.75) is 115 Å². The Morgan fingerprint density at radius 3 is 0.935 bits per heavy atom. The molecular formula is C18H40O4P2S4Zn3. The minimum absolute atomic E-state index is 0. The van der Waals surface area contributed by atoms with E-state index in [-0.39, 0.29) is 79.4 Å². The maximum absolute atomic E-state index is 11.5. The van der Waals surface area contributed by atoms with Gasteiger partial charge in [0.2, 0.25) is 0 Å². The molecule has 0 amide bonds.